The number of para-hydroxylation sites is 1. The Kier molecular flexibility index (Phi) is 3.19. The number of carbonyl (C=O) groups excluding carboxylic acids is 1. The van der Waals surface area contributed by atoms with E-state index in [9.17, 15) is 13.2 Å². The van der Waals surface area contributed by atoms with Crippen LogP contribution in [-0.4, -0.2) is 33.5 Å². The van der Waals surface area contributed by atoms with Crippen LogP contribution in [0.25, 0.3) is 0 Å². The van der Waals surface area contributed by atoms with Crippen LogP contribution in [0, 0.1) is 0 Å². The summed E-state index contributed by atoms with van der Waals surface area (Å²) in [7, 11) is -3.25. The second-order valence-electron chi connectivity index (χ2n) is 4.30. The number of sulfone groups is 1. The first-order chi connectivity index (χ1) is 7.98. The summed E-state index contributed by atoms with van der Waals surface area (Å²) >= 11 is 0. The molecule has 0 radical (unpaired) electrons. The van der Waals surface area contributed by atoms with Crippen molar-refractivity contribution in [1.82, 2.24) is 0 Å². The minimum Gasteiger partial charge on any atom is -0.363 e. The molecule has 1 aliphatic heterocycles. The molecule has 0 atom stereocenters. The lowest BCUT2D eigenvalue weighted by Gasteiger charge is -2.29. The number of anilines is 1. The molecule has 0 spiro atoms. The van der Waals surface area contributed by atoms with Gasteiger partial charge in [0.15, 0.2) is 15.6 Å². The Bertz CT molecular complexity index is 536. The van der Waals surface area contributed by atoms with E-state index in [4.69, 9.17) is 0 Å². The Hall–Kier alpha value is -1.36. The zero-order valence-electron chi connectivity index (χ0n) is 9.72. The van der Waals surface area contributed by atoms with E-state index in [1.54, 1.807) is 24.3 Å². The Morgan fingerprint density at radius 2 is 1.94 bits per heavy atom. The molecule has 0 bridgehead atoms. The molecular weight excluding hydrogens is 238 g/mol. The van der Waals surface area contributed by atoms with Crippen LogP contribution in [0.15, 0.2) is 29.2 Å². The van der Waals surface area contributed by atoms with E-state index < -0.39 is 9.84 Å². The zero-order valence-corrected chi connectivity index (χ0v) is 10.5. The maximum Gasteiger partial charge on any atom is 0.177 e. The van der Waals surface area contributed by atoms with Crippen molar-refractivity contribution >= 4 is 21.3 Å². The SMILES string of the molecule is CS(=O)(=O)c1ccccc1N1CCCC(=O)C1. The third-order valence-electron chi connectivity index (χ3n) is 2.86. The lowest BCUT2D eigenvalue weighted by molar-refractivity contribution is -0.118. The maximum absolute atomic E-state index is 11.7. The average Bonchev–Trinajstić information content (AvgIpc) is 2.28. The van der Waals surface area contributed by atoms with E-state index in [-0.39, 0.29) is 5.78 Å². The highest BCUT2D eigenvalue weighted by Gasteiger charge is 2.22. The molecule has 2 rings (SSSR count). The Morgan fingerprint density at radius 1 is 1.24 bits per heavy atom. The predicted octanol–water partition coefficient (Wildman–Crippen LogP) is 1.26. The fourth-order valence-electron chi connectivity index (χ4n) is 2.08. The lowest BCUT2D eigenvalue weighted by atomic mass is 10.1. The highest BCUT2D eigenvalue weighted by atomic mass is 32.2. The fraction of sp³-hybridized carbons (Fsp3) is 0.417. The molecule has 0 unspecified atom stereocenters. The number of Topliss-reactive ketones (excluding diaryl/α,β-unsaturated/α-hetero) is 1. The molecule has 17 heavy (non-hydrogen) atoms. The standard InChI is InChI=1S/C12H15NO3S/c1-17(15,16)12-7-3-2-6-11(12)13-8-4-5-10(14)9-13/h2-3,6-7H,4-5,8-9H2,1H3. The van der Waals surface area contributed by atoms with Crippen LogP contribution in [0.1, 0.15) is 12.8 Å². The van der Waals surface area contributed by atoms with Crippen molar-refractivity contribution in [1.29, 1.82) is 0 Å². The number of piperidine rings is 1. The van der Waals surface area contributed by atoms with Gasteiger partial charge in [-0.1, -0.05) is 12.1 Å². The van der Waals surface area contributed by atoms with Gasteiger partial charge in [0.05, 0.1) is 17.1 Å². The molecule has 1 aromatic carbocycles. The minimum atomic E-state index is -3.25. The topological polar surface area (TPSA) is 54.5 Å². The number of carbonyl (C=O) groups is 1. The second kappa shape index (κ2) is 4.49. The van der Waals surface area contributed by atoms with Gasteiger partial charge in [0.2, 0.25) is 0 Å². The number of benzene rings is 1. The van der Waals surface area contributed by atoms with E-state index in [1.807, 2.05) is 4.90 Å². The molecule has 0 aromatic heterocycles. The zero-order chi connectivity index (χ0) is 12.5. The van der Waals surface area contributed by atoms with Gasteiger partial charge < -0.3 is 4.90 Å². The molecule has 1 aliphatic rings. The summed E-state index contributed by atoms with van der Waals surface area (Å²) in [6.45, 7) is 1.05. The molecule has 0 aliphatic carbocycles. The van der Waals surface area contributed by atoms with Crippen LogP contribution >= 0.6 is 0 Å². The predicted molar refractivity (Wildman–Crippen MR) is 66.0 cm³/mol. The van der Waals surface area contributed by atoms with Gasteiger partial charge in [-0.25, -0.2) is 8.42 Å². The summed E-state index contributed by atoms with van der Waals surface area (Å²) in [6, 6.07) is 6.84. The van der Waals surface area contributed by atoms with E-state index in [2.05, 4.69) is 0 Å². The van der Waals surface area contributed by atoms with Crippen LogP contribution in [-0.2, 0) is 14.6 Å². The van der Waals surface area contributed by atoms with E-state index in [0.717, 1.165) is 13.0 Å². The largest absolute Gasteiger partial charge is 0.363 e. The molecule has 1 aromatic rings. The maximum atomic E-state index is 11.7. The summed E-state index contributed by atoms with van der Waals surface area (Å²) in [5.74, 6) is 0.166. The van der Waals surface area contributed by atoms with Gasteiger partial charge in [0, 0.05) is 19.2 Å². The monoisotopic (exact) mass is 253 g/mol. The molecule has 0 saturated carbocycles. The number of hydrogen-bond acceptors (Lipinski definition) is 4. The van der Waals surface area contributed by atoms with Gasteiger partial charge in [-0.2, -0.15) is 0 Å². The van der Waals surface area contributed by atoms with Crippen molar-refractivity contribution in [3.63, 3.8) is 0 Å². The Morgan fingerprint density at radius 3 is 2.59 bits per heavy atom. The third kappa shape index (κ3) is 2.66. The third-order valence-corrected chi connectivity index (χ3v) is 4.00. The highest BCUT2D eigenvalue weighted by molar-refractivity contribution is 7.90. The van der Waals surface area contributed by atoms with Crippen molar-refractivity contribution in [3.05, 3.63) is 24.3 Å². The molecule has 1 heterocycles. The first-order valence-corrected chi connectivity index (χ1v) is 7.43. The molecule has 1 saturated heterocycles. The minimum absolute atomic E-state index is 0.166. The smallest absolute Gasteiger partial charge is 0.177 e. The van der Waals surface area contributed by atoms with E-state index in [0.29, 0.717) is 23.5 Å². The molecule has 1 fully saturated rings. The van der Waals surface area contributed by atoms with Gasteiger partial charge in [-0.3, -0.25) is 4.79 Å². The number of ketones is 1. The lowest BCUT2D eigenvalue weighted by Crippen LogP contribution is -2.36. The van der Waals surface area contributed by atoms with Gasteiger partial charge in [-0.05, 0) is 18.6 Å². The molecule has 92 valence electrons. The number of nitrogens with zero attached hydrogens (tertiary/aromatic N) is 1. The Labute approximate surface area is 101 Å². The summed E-state index contributed by atoms with van der Waals surface area (Å²) in [6.07, 6.45) is 2.58. The van der Waals surface area contributed by atoms with Crippen molar-refractivity contribution in [2.75, 3.05) is 24.2 Å². The summed E-state index contributed by atoms with van der Waals surface area (Å²) in [4.78, 5) is 13.6. The van der Waals surface area contributed by atoms with Crippen LogP contribution in [0.2, 0.25) is 0 Å². The van der Waals surface area contributed by atoms with Crippen molar-refractivity contribution < 1.29 is 13.2 Å². The van der Waals surface area contributed by atoms with Crippen LogP contribution in [0.3, 0.4) is 0 Å². The van der Waals surface area contributed by atoms with Crippen LogP contribution in [0.5, 0.6) is 0 Å². The highest BCUT2D eigenvalue weighted by Crippen LogP contribution is 2.26. The van der Waals surface area contributed by atoms with Gasteiger partial charge in [0.25, 0.3) is 0 Å². The van der Waals surface area contributed by atoms with E-state index >= 15 is 0 Å². The normalized spacial score (nSPS) is 17.2. The molecule has 0 amide bonds. The quantitative estimate of drug-likeness (QED) is 0.796. The van der Waals surface area contributed by atoms with Crippen molar-refractivity contribution in [2.24, 2.45) is 0 Å². The number of hydrogen-bond donors (Lipinski definition) is 0. The summed E-state index contributed by atoms with van der Waals surface area (Å²) in [5, 5.41) is 0. The first-order valence-electron chi connectivity index (χ1n) is 5.54. The van der Waals surface area contributed by atoms with Crippen LogP contribution in [0.4, 0.5) is 5.69 Å². The second-order valence-corrected chi connectivity index (χ2v) is 6.29. The molecule has 0 N–H and O–H groups in total. The number of rotatable bonds is 2. The summed E-state index contributed by atoms with van der Waals surface area (Å²) in [5.41, 5.74) is 0.642. The fourth-order valence-corrected chi connectivity index (χ4v) is 2.98. The Balaban J connectivity index is 2.41. The first kappa shape index (κ1) is 12.1. The van der Waals surface area contributed by atoms with Crippen LogP contribution < -0.4 is 4.90 Å². The van der Waals surface area contributed by atoms with Gasteiger partial charge in [0.1, 0.15) is 0 Å². The van der Waals surface area contributed by atoms with E-state index in [1.165, 1.54) is 6.26 Å². The molecular formula is C12H15NO3S. The molecule has 5 heteroatoms. The molecule has 4 nitrogen and oxygen atoms in total. The van der Waals surface area contributed by atoms with Crippen molar-refractivity contribution in [3.8, 4) is 0 Å². The van der Waals surface area contributed by atoms with Gasteiger partial charge >= 0.3 is 0 Å². The van der Waals surface area contributed by atoms with Gasteiger partial charge in [-0.15, -0.1) is 0 Å². The summed E-state index contributed by atoms with van der Waals surface area (Å²) < 4.78 is 23.3. The van der Waals surface area contributed by atoms with Crippen molar-refractivity contribution in [2.45, 2.75) is 17.7 Å². The average molecular weight is 253 g/mol.